The number of methoxy groups -OCH3 is 1. The fourth-order valence-electron chi connectivity index (χ4n) is 5.93. The van der Waals surface area contributed by atoms with Crippen LogP contribution in [0.1, 0.15) is 48.8 Å². The minimum absolute atomic E-state index is 0.0128. The molecule has 8 nitrogen and oxygen atoms in total. The van der Waals surface area contributed by atoms with Gasteiger partial charge in [0.1, 0.15) is 5.75 Å². The summed E-state index contributed by atoms with van der Waals surface area (Å²) in [5.41, 5.74) is 3.66. The first kappa shape index (κ1) is 26.4. The van der Waals surface area contributed by atoms with Gasteiger partial charge in [0.2, 0.25) is 5.91 Å². The molecule has 2 aliphatic rings. The van der Waals surface area contributed by atoms with Crippen molar-refractivity contribution in [3.8, 4) is 5.75 Å². The van der Waals surface area contributed by atoms with Gasteiger partial charge in [-0.3, -0.25) is 19.6 Å². The van der Waals surface area contributed by atoms with Gasteiger partial charge in [0.15, 0.2) is 0 Å². The molecule has 0 unspecified atom stereocenters. The van der Waals surface area contributed by atoms with E-state index in [1.807, 2.05) is 24.9 Å². The Morgan fingerprint density at radius 3 is 2.63 bits per heavy atom. The number of pyridine rings is 1. The maximum Gasteiger partial charge on any atom is 0.224 e. The van der Waals surface area contributed by atoms with Gasteiger partial charge in [0, 0.05) is 62.6 Å². The van der Waals surface area contributed by atoms with Crippen molar-refractivity contribution in [2.75, 3.05) is 33.3 Å². The maximum atomic E-state index is 13.3. The van der Waals surface area contributed by atoms with Gasteiger partial charge in [-0.25, -0.2) is 4.98 Å². The number of nitrogens with zero attached hydrogens (tertiary/aromatic N) is 5. The third-order valence-corrected chi connectivity index (χ3v) is 7.94. The van der Waals surface area contributed by atoms with Gasteiger partial charge in [-0.1, -0.05) is 18.9 Å². The predicted molar refractivity (Wildman–Crippen MR) is 148 cm³/mol. The number of benzene rings is 1. The van der Waals surface area contributed by atoms with Crippen molar-refractivity contribution >= 4 is 5.91 Å². The number of likely N-dealkylation sites (tertiary alicyclic amines) is 1. The molecule has 2 aromatic heterocycles. The summed E-state index contributed by atoms with van der Waals surface area (Å²) in [6, 6.07) is 10.9. The second-order valence-electron chi connectivity index (χ2n) is 10.6. The smallest absolute Gasteiger partial charge is 0.224 e. The number of carbonyl (C=O) groups excluding carboxylic acids is 1. The lowest BCUT2D eigenvalue weighted by molar-refractivity contribution is -0.129. The van der Waals surface area contributed by atoms with Gasteiger partial charge < -0.3 is 14.6 Å². The summed E-state index contributed by atoms with van der Waals surface area (Å²) in [5, 5.41) is 3.25. The average Bonchev–Trinajstić information content (AvgIpc) is 3.44. The molecule has 0 bridgehead atoms. The average molecular weight is 517 g/mol. The Hall–Kier alpha value is -3.23. The van der Waals surface area contributed by atoms with Crippen LogP contribution in [0.3, 0.4) is 0 Å². The fourth-order valence-corrected chi connectivity index (χ4v) is 5.93. The van der Waals surface area contributed by atoms with Gasteiger partial charge in [-0.2, -0.15) is 0 Å². The first-order valence-electron chi connectivity index (χ1n) is 13.9. The van der Waals surface area contributed by atoms with Crippen LogP contribution < -0.4 is 10.1 Å². The molecular weight excluding hydrogens is 476 g/mol. The van der Waals surface area contributed by atoms with Crippen molar-refractivity contribution in [3.05, 3.63) is 78.1 Å². The second-order valence-corrected chi connectivity index (χ2v) is 10.6. The quantitative estimate of drug-likeness (QED) is 0.516. The van der Waals surface area contributed by atoms with Crippen LogP contribution in [-0.2, 0) is 24.4 Å². The molecule has 2 atom stereocenters. The van der Waals surface area contributed by atoms with E-state index in [0.717, 1.165) is 70.0 Å². The Bertz CT molecular complexity index is 1150. The number of hydrogen-bond acceptors (Lipinski definition) is 6. The Kier molecular flexibility index (Phi) is 9.04. The number of ether oxygens (including phenoxy) is 1. The van der Waals surface area contributed by atoms with E-state index in [1.54, 1.807) is 13.3 Å². The summed E-state index contributed by atoms with van der Waals surface area (Å²) in [4.78, 5) is 26.8. The SMILES string of the molecule is COc1ccc(CN2CC[C@H]3C(=O)NCCCCCCN(Cc4ccncc4)[C@@H]3C2)cc1Cn1ccnc1. The molecule has 38 heavy (non-hydrogen) atoms. The van der Waals surface area contributed by atoms with Crippen molar-refractivity contribution in [1.29, 1.82) is 0 Å². The molecule has 0 radical (unpaired) electrons. The lowest BCUT2D eigenvalue weighted by Crippen LogP contribution is -2.56. The zero-order valence-electron chi connectivity index (χ0n) is 22.5. The van der Waals surface area contributed by atoms with Gasteiger partial charge >= 0.3 is 0 Å². The van der Waals surface area contributed by atoms with Crippen LogP contribution in [0.2, 0.25) is 0 Å². The standard InChI is InChI=1S/C30H40N6O2/c1-38-29-7-6-25(18-26(29)21-35-17-14-32-23-35)19-34-16-10-27-28(22-34)36(20-24-8-12-31-13-9-24)15-5-3-2-4-11-33-30(27)37/h6-9,12-14,17-18,23,27-28H,2-5,10-11,15-16,19-22H2,1H3,(H,33,37)/t27-,28-/m1/s1. The monoisotopic (exact) mass is 516 g/mol. The summed E-state index contributed by atoms with van der Waals surface area (Å²) in [6.45, 7) is 6.04. The molecule has 1 aromatic carbocycles. The first-order chi connectivity index (χ1) is 18.7. The lowest BCUT2D eigenvalue weighted by atomic mass is 9.88. The maximum absolute atomic E-state index is 13.3. The summed E-state index contributed by atoms with van der Waals surface area (Å²) in [6.07, 6.45) is 14.8. The molecule has 0 spiro atoms. The zero-order chi connectivity index (χ0) is 26.2. The number of aromatic nitrogens is 3. The van der Waals surface area contributed by atoms with Crippen LogP contribution in [0.5, 0.6) is 5.75 Å². The van der Waals surface area contributed by atoms with Gasteiger partial charge in [-0.05, 0) is 67.7 Å². The van der Waals surface area contributed by atoms with Gasteiger partial charge in [0.25, 0.3) is 0 Å². The van der Waals surface area contributed by atoms with Crippen LogP contribution in [0, 0.1) is 5.92 Å². The topological polar surface area (TPSA) is 75.5 Å². The molecule has 1 amide bonds. The van der Waals surface area contributed by atoms with Crippen LogP contribution in [0.4, 0.5) is 0 Å². The minimum Gasteiger partial charge on any atom is -0.496 e. The molecule has 0 saturated carbocycles. The number of fused-ring (bicyclic) bond motifs is 1. The van der Waals surface area contributed by atoms with E-state index >= 15 is 0 Å². The number of piperidine rings is 1. The molecule has 2 aliphatic heterocycles. The Morgan fingerprint density at radius 2 is 1.82 bits per heavy atom. The van der Waals surface area contributed by atoms with E-state index in [9.17, 15) is 4.79 Å². The fraction of sp³-hybridized carbons (Fsp3) is 0.500. The van der Waals surface area contributed by atoms with E-state index in [2.05, 4.69) is 60.0 Å². The summed E-state index contributed by atoms with van der Waals surface area (Å²) in [7, 11) is 1.72. The highest BCUT2D eigenvalue weighted by atomic mass is 16.5. The molecule has 2 saturated heterocycles. The van der Waals surface area contributed by atoms with E-state index in [-0.39, 0.29) is 17.9 Å². The third kappa shape index (κ3) is 6.79. The van der Waals surface area contributed by atoms with Crippen molar-refractivity contribution < 1.29 is 9.53 Å². The molecule has 8 heteroatoms. The highest BCUT2D eigenvalue weighted by Crippen LogP contribution is 2.28. The molecule has 5 rings (SSSR count). The van der Waals surface area contributed by atoms with Crippen molar-refractivity contribution in [2.45, 2.75) is 57.8 Å². The Balaban J connectivity index is 1.35. The normalized spacial score (nSPS) is 21.8. The van der Waals surface area contributed by atoms with Crippen molar-refractivity contribution in [1.82, 2.24) is 29.7 Å². The number of amides is 1. The third-order valence-electron chi connectivity index (χ3n) is 7.94. The molecule has 4 heterocycles. The molecule has 1 N–H and O–H groups in total. The van der Waals surface area contributed by atoms with Crippen LogP contribution in [0.25, 0.3) is 0 Å². The first-order valence-corrected chi connectivity index (χ1v) is 13.9. The molecule has 0 aliphatic carbocycles. The highest BCUT2D eigenvalue weighted by molar-refractivity contribution is 5.79. The van der Waals surface area contributed by atoms with E-state index < -0.39 is 0 Å². The summed E-state index contributed by atoms with van der Waals surface area (Å²) in [5.74, 6) is 1.13. The van der Waals surface area contributed by atoms with Gasteiger partial charge in [0.05, 0.1) is 25.9 Å². The molecule has 3 aromatic rings. The predicted octanol–water partition coefficient (Wildman–Crippen LogP) is 3.72. The lowest BCUT2D eigenvalue weighted by Gasteiger charge is -2.43. The van der Waals surface area contributed by atoms with Crippen molar-refractivity contribution in [2.24, 2.45) is 5.92 Å². The van der Waals surface area contributed by atoms with Crippen LogP contribution in [-0.4, -0.2) is 69.6 Å². The number of imidazole rings is 1. The van der Waals surface area contributed by atoms with Crippen LogP contribution in [0.15, 0.2) is 61.4 Å². The molecule has 2 fully saturated rings. The Morgan fingerprint density at radius 1 is 0.947 bits per heavy atom. The zero-order valence-corrected chi connectivity index (χ0v) is 22.5. The largest absolute Gasteiger partial charge is 0.496 e. The van der Waals surface area contributed by atoms with E-state index in [0.29, 0.717) is 0 Å². The van der Waals surface area contributed by atoms with Crippen molar-refractivity contribution in [3.63, 3.8) is 0 Å². The number of carbonyl (C=O) groups is 1. The van der Waals surface area contributed by atoms with E-state index in [1.165, 1.54) is 30.4 Å². The number of nitrogens with one attached hydrogen (secondary N) is 1. The highest BCUT2D eigenvalue weighted by Gasteiger charge is 2.37. The van der Waals surface area contributed by atoms with Gasteiger partial charge in [-0.15, -0.1) is 0 Å². The Labute approximate surface area is 226 Å². The second kappa shape index (κ2) is 13.0. The molecule has 202 valence electrons. The minimum atomic E-state index is 0.0128. The van der Waals surface area contributed by atoms with E-state index in [4.69, 9.17) is 4.74 Å². The number of rotatable bonds is 7. The molecular formula is C30H40N6O2. The summed E-state index contributed by atoms with van der Waals surface area (Å²) < 4.78 is 7.71. The summed E-state index contributed by atoms with van der Waals surface area (Å²) >= 11 is 0. The number of hydrogen-bond donors (Lipinski definition) is 1. The van der Waals surface area contributed by atoms with Crippen LogP contribution >= 0.6 is 0 Å².